The minimum absolute atomic E-state index is 0.573. The molecule has 3 aromatic rings. The first-order valence-corrected chi connectivity index (χ1v) is 8.07. The molecule has 0 aliphatic carbocycles. The lowest BCUT2D eigenvalue weighted by molar-refractivity contribution is -0.183. The highest BCUT2D eigenvalue weighted by Gasteiger charge is 2.39. The molecule has 0 amide bonds. The Morgan fingerprint density at radius 2 is 1.46 bits per heavy atom. The van der Waals surface area contributed by atoms with Crippen LogP contribution in [0.3, 0.4) is 0 Å². The lowest BCUT2D eigenvalue weighted by Crippen LogP contribution is -2.33. The number of hydrogen-bond donors (Lipinski definition) is 0. The van der Waals surface area contributed by atoms with Gasteiger partial charge in [-0.3, -0.25) is 0 Å². The van der Waals surface area contributed by atoms with Crippen LogP contribution in [0.5, 0.6) is 5.75 Å². The normalized spacial score (nSPS) is 11.6. The molecular formula is C21H22O3. The first-order valence-electron chi connectivity index (χ1n) is 8.07. The molecule has 0 radical (unpaired) electrons. The number of rotatable bonds is 6. The molecule has 0 heterocycles. The van der Waals surface area contributed by atoms with Gasteiger partial charge in [0, 0.05) is 19.8 Å². The monoisotopic (exact) mass is 322 g/mol. The molecule has 0 bridgehead atoms. The van der Waals surface area contributed by atoms with Gasteiger partial charge < -0.3 is 14.2 Å². The van der Waals surface area contributed by atoms with Crippen molar-refractivity contribution in [1.29, 1.82) is 0 Å². The maximum absolute atomic E-state index is 5.95. The fraction of sp³-hybridized carbons (Fsp3) is 0.238. The van der Waals surface area contributed by atoms with Crippen LogP contribution in [0.15, 0.2) is 66.7 Å². The van der Waals surface area contributed by atoms with Crippen molar-refractivity contribution in [3.05, 3.63) is 77.9 Å². The lowest BCUT2D eigenvalue weighted by Gasteiger charge is -2.34. The van der Waals surface area contributed by atoms with E-state index in [1.807, 2.05) is 55.5 Å². The predicted molar refractivity (Wildman–Crippen MR) is 96.4 cm³/mol. The van der Waals surface area contributed by atoms with E-state index < -0.39 is 5.79 Å². The molecule has 3 heteroatoms. The highest BCUT2D eigenvalue weighted by atomic mass is 16.7. The summed E-state index contributed by atoms with van der Waals surface area (Å²) in [7, 11) is 3.32. The summed E-state index contributed by atoms with van der Waals surface area (Å²) < 4.78 is 17.8. The van der Waals surface area contributed by atoms with E-state index in [4.69, 9.17) is 14.2 Å². The van der Waals surface area contributed by atoms with Gasteiger partial charge in [0.15, 0.2) is 0 Å². The van der Waals surface area contributed by atoms with Gasteiger partial charge in [-0.25, -0.2) is 0 Å². The maximum Gasteiger partial charge on any atom is 0.226 e. The van der Waals surface area contributed by atoms with Gasteiger partial charge in [0.05, 0.1) is 12.2 Å². The molecule has 0 unspecified atom stereocenters. The van der Waals surface area contributed by atoms with E-state index in [1.165, 1.54) is 0 Å². The van der Waals surface area contributed by atoms with Crippen molar-refractivity contribution in [2.75, 3.05) is 20.8 Å². The Morgan fingerprint density at radius 3 is 2.12 bits per heavy atom. The molecule has 0 saturated carbocycles. The maximum atomic E-state index is 5.95. The highest BCUT2D eigenvalue weighted by Crippen LogP contribution is 2.43. The second kappa shape index (κ2) is 7.04. The molecule has 3 nitrogen and oxygen atoms in total. The Kier molecular flexibility index (Phi) is 4.84. The fourth-order valence-electron chi connectivity index (χ4n) is 3.19. The Hall–Kier alpha value is -2.36. The average Bonchev–Trinajstić information content (AvgIpc) is 2.65. The molecule has 0 N–H and O–H groups in total. The first-order chi connectivity index (χ1) is 11.8. The van der Waals surface area contributed by atoms with E-state index in [0.717, 1.165) is 27.6 Å². The number of methoxy groups -OCH3 is 2. The van der Waals surface area contributed by atoms with Gasteiger partial charge >= 0.3 is 0 Å². The van der Waals surface area contributed by atoms with E-state index in [0.29, 0.717) is 6.61 Å². The van der Waals surface area contributed by atoms with E-state index in [-0.39, 0.29) is 0 Å². The van der Waals surface area contributed by atoms with E-state index >= 15 is 0 Å². The van der Waals surface area contributed by atoms with Gasteiger partial charge in [-0.1, -0.05) is 60.7 Å². The summed E-state index contributed by atoms with van der Waals surface area (Å²) in [6.07, 6.45) is 0. The number of ether oxygens (including phenoxy) is 3. The molecule has 0 fully saturated rings. The van der Waals surface area contributed by atoms with Crippen molar-refractivity contribution in [3.8, 4) is 5.75 Å². The average molecular weight is 322 g/mol. The van der Waals surface area contributed by atoms with Crippen LogP contribution in [0, 0.1) is 0 Å². The van der Waals surface area contributed by atoms with Crippen molar-refractivity contribution in [2.45, 2.75) is 12.7 Å². The van der Waals surface area contributed by atoms with Crippen LogP contribution >= 0.6 is 0 Å². The molecule has 0 saturated heterocycles. The Labute approximate surface area is 142 Å². The smallest absolute Gasteiger partial charge is 0.226 e. The summed E-state index contributed by atoms with van der Waals surface area (Å²) in [4.78, 5) is 0. The number of benzene rings is 3. The Bertz CT molecular complexity index is 808. The third-order valence-electron chi connectivity index (χ3n) is 4.25. The molecule has 3 aromatic carbocycles. The standard InChI is InChI=1S/C21H22O3/c1-4-24-19-15-14-16-10-8-9-13-18(16)20(19)21(22-2,23-3)17-11-6-5-7-12-17/h5-15H,4H2,1-3H3. The van der Waals surface area contributed by atoms with Crippen molar-refractivity contribution < 1.29 is 14.2 Å². The second-order valence-corrected chi connectivity index (χ2v) is 5.48. The summed E-state index contributed by atoms with van der Waals surface area (Å²) in [6.45, 7) is 2.55. The number of hydrogen-bond acceptors (Lipinski definition) is 3. The van der Waals surface area contributed by atoms with E-state index in [2.05, 4.69) is 18.2 Å². The van der Waals surface area contributed by atoms with Crippen LogP contribution in [0.25, 0.3) is 10.8 Å². The van der Waals surface area contributed by atoms with Crippen LogP contribution in [0.4, 0.5) is 0 Å². The zero-order valence-corrected chi connectivity index (χ0v) is 14.3. The van der Waals surface area contributed by atoms with Crippen LogP contribution in [-0.2, 0) is 15.3 Å². The Balaban J connectivity index is 2.37. The van der Waals surface area contributed by atoms with Gasteiger partial charge in [0.1, 0.15) is 5.75 Å². The minimum Gasteiger partial charge on any atom is -0.493 e. The van der Waals surface area contributed by atoms with Crippen LogP contribution in [-0.4, -0.2) is 20.8 Å². The zero-order valence-electron chi connectivity index (χ0n) is 14.3. The van der Waals surface area contributed by atoms with Crippen molar-refractivity contribution in [2.24, 2.45) is 0 Å². The molecule has 24 heavy (non-hydrogen) atoms. The minimum atomic E-state index is -1.04. The van der Waals surface area contributed by atoms with Gasteiger partial charge in [-0.2, -0.15) is 0 Å². The molecular weight excluding hydrogens is 300 g/mol. The van der Waals surface area contributed by atoms with E-state index in [1.54, 1.807) is 14.2 Å². The SMILES string of the molecule is CCOc1ccc2ccccc2c1C(OC)(OC)c1ccccc1. The second-order valence-electron chi connectivity index (χ2n) is 5.48. The zero-order chi connectivity index (χ0) is 17.0. The molecule has 3 rings (SSSR count). The van der Waals surface area contributed by atoms with Crippen molar-refractivity contribution in [3.63, 3.8) is 0 Å². The van der Waals surface area contributed by atoms with Crippen molar-refractivity contribution >= 4 is 10.8 Å². The molecule has 0 atom stereocenters. The summed E-state index contributed by atoms with van der Waals surface area (Å²) in [5, 5.41) is 2.17. The molecule has 0 aliphatic rings. The highest BCUT2D eigenvalue weighted by molar-refractivity contribution is 5.89. The molecule has 124 valence electrons. The van der Waals surface area contributed by atoms with Crippen LogP contribution in [0.1, 0.15) is 18.1 Å². The van der Waals surface area contributed by atoms with Gasteiger partial charge in [-0.15, -0.1) is 0 Å². The predicted octanol–water partition coefficient (Wildman–Crippen LogP) is 4.73. The molecule has 0 spiro atoms. The fourth-order valence-corrected chi connectivity index (χ4v) is 3.19. The summed E-state index contributed by atoms with van der Waals surface area (Å²) in [6, 6.07) is 22.2. The topological polar surface area (TPSA) is 27.7 Å². The van der Waals surface area contributed by atoms with Crippen molar-refractivity contribution in [1.82, 2.24) is 0 Å². The first kappa shape index (κ1) is 16.5. The van der Waals surface area contributed by atoms with E-state index in [9.17, 15) is 0 Å². The summed E-state index contributed by atoms with van der Waals surface area (Å²) in [5.41, 5.74) is 1.81. The largest absolute Gasteiger partial charge is 0.493 e. The number of fused-ring (bicyclic) bond motifs is 1. The molecule has 0 aromatic heterocycles. The van der Waals surface area contributed by atoms with Crippen LogP contribution in [0.2, 0.25) is 0 Å². The Morgan fingerprint density at radius 1 is 0.792 bits per heavy atom. The third-order valence-corrected chi connectivity index (χ3v) is 4.25. The van der Waals surface area contributed by atoms with Crippen LogP contribution < -0.4 is 4.74 Å². The van der Waals surface area contributed by atoms with Gasteiger partial charge in [-0.05, 0) is 23.8 Å². The van der Waals surface area contributed by atoms with Gasteiger partial charge in [0.25, 0.3) is 0 Å². The quantitative estimate of drug-likeness (QED) is 0.614. The lowest BCUT2D eigenvalue weighted by atomic mass is 9.91. The molecule has 0 aliphatic heterocycles. The summed E-state index contributed by atoms with van der Waals surface area (Å²) in [5.74, 6) is -0.268. The van der Waals surface area contributed by atoms with Gasteiger partial charge in [0.2, 0.25) is 5.79 Å². The summed E-state index contributed by atoms with van der Waals surface area (Å²) >= 11 is 0. The third kappa shape index (κ3) is 2.66.